The number of alkyl halides is 3. The van der Waals surface area contributed by atoms with E-state index in [1.54, 1.807) is 32.0 Å². The number of phenolic OH excluding ortho intramolecular Hbond substituents is 1. The molecule has 0 aliphatic carbocycles. The van der Waals surface area contributed by atoms with E-state index in [-0.39, 0.29) is 11.3 Å². The van der Waals surface area contributed by atoms with E-state index in [1.165, 1.54) is 18.2 Å². The largest absolute Gasteiger partial charge is 0.508 e. The van der Waals surface area contributed by atoms with Crippen molar-refractivity contribution in [1.29, 1.82) is 0 Å². The fourth-order valence-electron chi connectivity index (χ4n) is 2.25. The van der Waals surface area contributed by atoms with E-state index < -0.39 is 17.8 Å². The van der Waals surface area contributed by atoms with Crippen LogP contribution in [0.1, 0.15) is 29.7 Å². The van der Waals surface area contributed by atoms with Crippen LogP contribution >= 0.6 is 0 Å². The lowest BCUT2D eigenvalue weighted by molar-refractivity contribution is -0.138. The molecule has 0 bridgehead atoms. The summed E-state index contributed by atoms with van der Waals surface area (Å²) in [6, 6.07) is 9.72. The summed E-state index contributed by atoms with van der Waals surface area (Å²) in [7, 11) is 0. The third-order valence-corrected chi connectivity index (χ3v) is 3.31. The van der Waals surface area contributed by atoms with E-state index in [0.717, 1.165) is 11.6 Å². The van der Waals surface area contributed by atoms with Gasteiger partial charge in [-0.2, -0.15) is 13.2 Å². The summed E-state index contributed by atoms with van der Waals surface area (Å²) in [6.45, 7) is 3.46. The summed E-state index contributed by atoms with van der Waals surface area (Å²) in [4.78, 5) is 0. The molecule has 0 saturated heterocycles. The van der Waals surface area contributed by atoms with Crippen molar-refractivity contribution in [1.82, 2.24) is 0 Å². The van der Waals surface area contributed by atoms with Crippen LogP contribution in [-0.4, -0.2) is 5.11 Å². The number of aromatic hydroxyl groups is 1. The fraction of sp³-hybridized carbons (Fsp3) is 0.250. The minimum absolute atomic E-state index is 0.126. The van der Waals surface area contributed by atoms with Crippen LogP contribution in [0.25, 0.3) is 0 Å². The molecule has 0 aromatic heterocycles. The number of rotatable bonds is 3. The van der Waals surface area contributed by atoms with Crippen molar-refractivity contribution in [3.05, 3.63) is 59.2 Å². The van der Waals surface area contributed by atoms with Gasteiger partial charge in [-0.3, -0.25) is 0 Å². The Kier molecular flexibility index (Phi) is 4.11. The summed E-state index contributed by atoms with van der Waals surface area (Å²) in [5.41, 5.74) is 1.02. The van der Waals surface area contributed by atoms with Gasteiger partial charge >= 0.3 is 6.18 Å². The number of hydrogen-bond donors (Lipinski definition) is 2. The molecule has 2 N–H and O–H groups in total. The predicted molar refractivity (Wildman–Crippen MR) is 76.3 cm³/mol. The third-order valence-electron chi connectivity index (χ3n) is 3.31. The Labute approximate surface area is 121 Å². The Morgan fingerprint density at radius 1 is 1.10 bits per heavy atom. The van der Waals surface area contributed by atoms with E-state index in [9.17, 15) is 18.3 Å². The fourth-order valence-corrected chi connectivity index (χ4v) is 2.25. The molecule has 0 saturated carbocycles. The number of anilines is 1. The predicted octanol–water partition coefficient (Wildman–Crippen LogP) is 4.89. The van der Waals surface area contributed by atoms with E-state index in [0.29, 0.717) is 5.69 Å². The van der Waals surface area contributed by atoms with Gasteiger partial charge in [0.25, 0.3) is 0 Å². The van der Waals surface area contributed by atoms with Crippen LogP contribution in [0.5, 0.6) is 5.75 Å². The zero-order valence-corrected chi connectivity index (χ0v) is 11.7. The van der Waals surface area contributed by atoms with Crippen molar-refractivity contribution in [2.75, 3.05) is 5.32 Å². The average Bonchev–Trinajstić information content (AvgIpc) is 2.41. The summed E-state index contributed by atoms with van der Waals surface area (Å²) in [5.74, 6) is 0.126. The smallest absolute Gasteiger partial charge is 0.416 e. The van der Waals surface area contributed by atoms with Crippen LogP contribution in [0.4, 0.5) is 18.9 Å². The van der Waals surface area contributed by atoms with Crippen LogP contribution in [0.15, 0.2) is 42.5 Å². The minimum Gasteiger partial charge on any atom is -0.508 e. The van der Waals surface area contributed by atoms with Gasteiger partial charge in [0, 0.05) is 11.7 Å². The maximum Gasteiger partial charge on any atom is 0.416 e. The van der Waals surface area contributed by atoms with Crippen molar-refractivity contribution in [2.24, 2.45) is 0 Å². The van der Waals surface area contributed by atoms with E-state index in [2.05, 4.69) is 5.32 Å². The Morgan fingerprint density at radius 2 is 1.76 bits per heavy atom. The first-order valence-corrected chi connectivity index (χ1v) is 6.51. The molecule has 1 atom stereocenters. The normalized spacial score (nSPS) is 13.0. The summed E-state index contributed by atoms with van der Waals surface area (Å²) < 4.78 is 39.1. The molecule has 5 heteroatoms. The first-order chi connectivity index (χ1) is 9.79. The highest BCUT2D eigenvalue weighted by molar-refractivity contribution is 5.55. The van der Waals surface area contributed by atoms with Crippen molar-refractivity contribution in [2.45, 2.75) is 26.1 Å². The molecular weight excluding hydrogens is 279 g/mol. The number of hydrogen-bond acceptors (Lipinski definition) is 2. The second-order valence-electron chi connectivity index (χ2n) is 4.95. The highest BCUT2D eigenvalue weighted by Crippen LogP contribution is 2.35. The molecule has 0 heterocycles. The molecule has 2 aromatic carbocycles. The van der Waals surface area contributed by atoms with E-state index in [4.69, 9.17) is 0 Å². The second-order valence-corrected chi connectivity index (χ2v) is 4.95. The summed E-state index contributed by atoms with van der Waals surface area (Å²) >= 11 is 0. The maximum atomic E-state index is 13.0. The molecule has 21 heavy (non-hydrogen) atoms. The van der Waals surface area contributed by atoms with Gasteiger partial charge in [-0.05, 0) is 49.2 Å². The van der Waals surface area contributed by atoms with Crippen LogP contribution in [-0.2, 0) is 6.18 Å². The Hall–Kier alpha value is -2.17. The molecule has 0 aliphatic heterocycles. The molecule has 1 unspecified atom stereocenters. The first-order valence-electron chi connectivity index (χ1n) is 6.51. The molecule has 0 radical (unpaired) electrons. The standard InChI is InChI=1S/C16H16F3NO/c1-10-9-12(21)7-8-15(10)20-11(2)13-5-3-4-6-14(13)16(17,18)19/h3-9,11,20-21H,1-2H3. The Balaban J connectivity index is 2.31. The lowest BCUT2D eigenvalue weighted by Gasteiger charge is -2.21. The monoisotopic (exact) mass is 295 g/mol. The molecule has 0 fully saturated rings. The van der Waals surface area contributed by atoms with Gasteiger partial charge < -0.3 is 10.4 Å². The maximum absolute atomic E-state index is 13.0. The Morgan fingerprint density at radius 3 is 2.38 bits per heavy atom. The van der Waals surface area contributed by atoms with Gasteiger partial charge in [-0.15, -0.1) is 0 Å². The van der Waals surface area contributed by atoms with Gasteiger partial charge in [0.1, 0.15) is 5.75 Å². The van der Waals surface area contributed by atoms with Crippen molar-refractivity contribution >= 4 is 5.69 Å². The van der Waals surface area contributed by atoms with Crippen LogP contribution in [0.3, 0.4) is 0 Å². The van der Waals surface area contributed by atoms with Gasteiger partial charge in [0.05, 0.1) is 5.56 Å². The molecule has 2 aromatic rings. The quantitative estimate of drug-likeness (QED) is 0.790. The molecule has 0 aliphatic rings. The van der Waals surface area contributed by atoms with Gasteiger partial charge in [0.2, 0.25) is 0 Å². The summed E-state index contributed by atoms with van der Waals surface area (Å²) in [6.07, 6.45) is -4.38. The van der Waals surface area contributed by atoms with Gasteiger partial charge in [-0.1, -0.05) is 18.2 Å². The molecule has 0 spiro atoms. The van der Waals surface area contributed by atoms with Crippen molar-refractivity contribution in [3.8, 4) is 5.75 Å². The molecule has 0 amide bonds. The zero-order valence-electron chi connectivity index (χ0n) is 11.7. The van der Waals surface area contributed by atoms with Gasteiger partial charge in [0.15, 0.2) is 0 Å². The van der Waals surface area contributed by atoms with Crippen LogP contribution in [0, 0.1) is 6.92 Å². The molecule has 2 rings (SSSR count). The third kappa shape index (κ3) is 3.48. The highest BCUT2D eigenvalue weighted by atomic mass is 19.4. The number of phenols is 1. The van der Waals surface area contributed by atoms with Crippen LogP contribution in [0.2, 0.25) is 0 Å². The zero-order chi connectivity index (χ0) is 15.6. The topological polar surface area (TPSA) is 32.3 Å². The van der Waals surface area contributed by atoms with E-state index in [1.807, 2.05) is 0 Å². The highest BCUT2D eigenvalue weighted by Gasteiger charge is 2.34. The number of aryl methyl sites for hydroxylation is 1. The lowest BCUT2D eigenvalue weighted by Crippen LogP contribution is -2.15. The molecular formula is C16H16F3NO. The molecule has 2 nitrogen and oxygen atoms in total. The minimum atomic E-state index is -4.38. The first kappa shape index (κ1) is 15.2. The van der Waals surface area contributed by atoms with E-state index >= 15 is 0 Å². The van der Waals surface area contributed by atoms with Crippen molar-refractivity contribution in [3.63, 3.8) is 0 Å². The number of benzene rings is 2. The average molecular weight is 295 g/mol. The SMILES string of the molecule is Cc1cc(O)ccc1NC(C)c1ccccc1C(F)(F)F. The van der Waals surface area contributed by atoms with Crippen molar-refractivity contribution < 1.29 is 18.3 Å². The summed E-state index contributed by atoms with van der Waals surface area (Å²) in [5, 5.41) is 12.4. The number of nitrogens with one attached hydrogen (secondary N) is 1. The van der Waals surface area contributed by atoms with Gasteiger partial charge in [-0.25, -0.2) is 0 Å². The number of halogens is 3. The second kappa shape index (κ2) is 5.68. The lowest BCUT2D eigenvalue weighted by atomic mass is 10.0. The molecule has 112 valence electrons. The Bertz CT molecular complexity index is 638. The van der Waals surface area contributed by atoms with Crippen LogP contribution < -0.4 is 5.32 Å².